The minimum absolute atomic E-state index is 0.00201. The Hall–Kier alpha value is -4.23. The number of pyridine rings is 1. The maximum absolute atomic E-state index is 15.5. The zero-order chi connectivity index (χ0) is 31.3. The number of amides is 1. The first-order valence-electron chi connectivity index (χ1n) is 13.3. The molecular formula is C30H27F5N4O4. The van der Waals surface area contributed by atoms with Gasteiger partial charge in [0.15, 0.2) is 11.6 Å². The van der Waals surface area contributed by atoms with Gasteiger partial charge >= 0.3 is 6.18 Å². The van der Waals surface area contributed by atoms with E-state index in [9.17, 15) is 32.6 Å². The number of nitrogens with one attached hydrogen (secondary N) is 1. The summed E-state index contributed by atoms with van der Waals surface area (Å²) in [6, 6.07) is 8.93. The number of aryl methyl sites for hydroxylation is 1. The maximum atomic E-state index is 15.5. The fourth-order valence-electron chi connectivity index (χ4n) is 4.45. The summed E-state index contributed by atoms with van der Waals surface area (Å²) in [5.41, 5.74) is -7.40. The van der Waals surface area contributed by atoms with Crippen LogP contribution in [0, 0.1) is 18.6 Å². The molecule has 4 aromatic rings. The molecule has 1 aliphatic rings. The number of hydrogen-bond donors (Lipinski definition) is 3. The van der Waals surface area contributed by atoms with Crippen LogP contribution in [0.1, 0.15) is 54.0 Å². The second-order valence-corrected chi connectivity index (χ2v) is 11.0. The molecule has 2 heterocycles. The number of fused-ring (bicyclic) bond motifs is 1. The average Bonchev–Trinajstić information content (AvgIpc) is 3.76. The molecule has 43 heavy (non-hydrogen) atoms. The minimum Gasteiger partial charge on any atom is -0.488 e. The van der Waals surface area contributed by atoms with Gasteiger partial charge in [-0.3, -0.25) is 4.79 Å². The third-order valence-corrected chi connectivity index (χ3v) is 7.08. The molecule has 1 unspecified atom stereocenters. The smallest absolute Gasteiger partial charge is 0.424 e. The molecule has 2 aromatic carbocycles. The number of nitrogens with zero attached hydrogens (tertiary/aromatic N) is 3. The van der Waals surface area contributed by atoms with Gasteiger partial charge in [0.25, 0.3) is 5.91 Å². The van der Waals surface area contributed by atoms with Crippen molar-refractivity contribution in [1.82, 2.24) is 20.5 Å². The van der Waals surface area contributed by atoms with Crippen molar-refractivity contribution in [2.45, 2.75) is 57.1 Å². The molecule has 1 atom stereocenters. The van der Waals surface area contributed by atoms with E-state index in [-0.39, 0.29) is 17.2 Å². The standard InChI is InChI=1S/C30H27F5N4O4/c1-15-26(43-19-9-10-19)20-12-17(6-11-22(20)39-38-15)27(40)36-14-29(42,30(33,34)35)23-13-21(28(2,3)41)24(32)25(37-23)16-4-7-18(31)8-5-16/h4-8,11-13,19,41-42H,9-10,14H2,1-3H3,(H,36,40). The van der Waals surface area contributed by atoms with Gasteiger partial charge in [-0.1, -0.05) is 0 Å². The zero-order valence-corrected chi connectivity index (χ0v) is 23.3. The molecule has 3 N–H and O–H groups in total. The van der Waals surface area contributed by atoms with E-state index in [1.165, 1.54) is 18.2 Å². The van der Waals surface area contributed by atoms with Gasteiger partial charge in [0.1, 0.15) is 17.2 Å². The highest BCUT2D eigenvalue weighted by atomic mass is 19.4. The minimum atomic E-state index is -5.41. The number of rotatable bonds is 8. The summed E-state index contributed by atoms with van der Waals surface area (Å²) in [5, 5.41) is 32.3. The number of hydrogen-bond acceptors (Lipinski definition) is 7. The average molecular weight is 603 g/mol. The number of carbonyl (C=O) groups is 1. The van der Waals surface area contributed by atoms with E-state index < -0.39 is 58.4 Å². The van der Waals surface area contributed by atoms with Crippen molar-refractivity contribution in [1.29, 1.82) is 0 Å². The summed E-state index contributed by atoms with van der Waals surface area (Å²) in [4.78, 5) is 16.9. The Morgan fingerprint density at radius 2 is 1.70 bits per heavy atom. The predicted molar refractivity (Wildman–Crippen MR) is 145 cm³/mol. The lowest BCUT2D eigenvalue weighted by atomic mass is 9.90. The van der Waals surface area contributed by atoms with Gasteiger partial charge in [-0.2, -0.15) is 18.3 Å². The van der Waals surface area contributed by atoms with Gasteiger partial charge in [-0.25, -0.2) is 13.8 Å². The molecule has 0 saturated heterocycles. The Balaban J connectivity index is 1.52. The summed E-state index contributed by atoms with van der Waals surface area (Å²) in [6.07, 6.45) is -3.70. The molecule has 5 rings (SSSR count). The first-order chi connectivity index (χ1) is 20.1. The molecule has 0 aliphatic heterocycles. The predicted octanol–water partition coefficient (Wildman–Crippen LogP) is 5.23. The van der Waals surface area contributed by atoms with Crippen LogP contribution in [0.2, 0.25) is 0 Å². The van der Waals surface area contributed by atoms with Crippen LogP contribution in [0.4, 0.5) is 22.0 Å². The number of aliphatic hydroxyl groups is 2. The number of ether oxygens (including phenoxy) is 1. The van der Waals surface area contributed by atoms with Gasteiger partial charge in [0.2, 0.25) is 5.60 Å². The summed E-state index contributed by atoms with van der Waals surface area (Å²) < 4.78 is 78.4. The quantitative estimate of drug-likeness (QED) is 0.237. The molecule has 1 fully saturated rings. The molecule has 1 amide bonds. The summed E-state index contributed by atoms with van der Waals surface area (Å²) in [7, 11) is 0. The first-order valence-corrected chi connectivity index (χ1v) is 13.3. The van der Waals surface area contributed by atoms with E-state index in [1.54, 1.807) is 6.92 Å². The second-order valence-electron chi connectivity index (χ2n) is 11.0. The van der Waals surface area contributed by atoms with E-state index in [1.807, 2.05) is 0 Å². The van der Waals surface area contributed by atoms with Crippen molar-refractivity contribution in [2.75, 3.05) is 6.54 Å². The Labute approximate surface area is 242 Å². The molecule has 1 aliphatic carbocycles. The van der Waals surface area contributed by atoms with E-state index in [0.717, 1.165) is 51.0 Å². The van der Waals surface area contributed by atoms with Crippen LogP contribution >= 0.6 is 0 Å². The highest BCUT2D eigenvalue weighted by molar-refractivity contribution is 5.99. The molecule has 226 valence electrons. The third kappa shape index (κ3) is 6.00. The van der Waals surface area contributed by atoms with E-state index in [4.69, 9.17) is 4.74 Å². The number of halogens is 5. The van der Waals surface area contributed by atoms with Gasteiger partial charge < -0.3 is 20.3 Å². The second kappa shape index (κ2) is 10.8. The highest BCUT2D eigenvalue weighted by Gasteiger charge is 2.57. The molecule has 0 bridgehead atoms. The summed E-state index contributed by atoms with van der Waals surface area (Å²) in [5.74, 6) is -2.38. The van der Waals surface area contributed by atoms with Crippen LogP contribution in [0.25, 0.3) is 22.2 Å². The molecule has 0 radical (unpaired) electrons. The van der Waals surface area contributed by atoms with Gasteiger partial charge in [0, 0.05) is 22.1 Å². The van der Waals surface area contributed by atoms with Crippen LogP contribution in [0.5, 0.6) is 5.75 Å². The first kappa shape index (κ1) is 30.2. The topological polar surface area (TPSA) is 117 Å². The summed E-state index contributed by atoms with van der Waals surface area (Å²) >= 11 is 0. The van der Waals surface area contributed by atoms with E-state index >= 15 is 4.39 Å². The molecule has 1 saturated carbocycles. The monoisotopic (exact) mass is 602 g/mol. The van der Waals surface area contributed by atoms with Crippen molar-refractivity contribution in [3.05, 3.63) is 82.7 Å². The lowest BCUT2D eigenvalue weighted by molar-refractivity contribution is -0.265. The van der Waals surface area contributed by atoms with Crippen LogP contribution in [0.3, 0.4) is 0 Å². The normalized spacial score (nSPS) is 15.3. The molecule has 13 heteroatoms. The molecule has 2 aromatic heterocycles. The van der Waals surface area contributed by atoms with Crippen LogP contribution < -0.4 is 10.1 Å². The Morgan fingerprint density at radius 1 is 1.02 bits per heavy atom. The zero-order valence-electron chi connectivity index (χ0n) is 23.3. The number of benzene rings is 2. The number of alkyl halides is 3. The van der Waals surface area contributed by atoms with Crippen LogP contribution in [-0.4, -0.2) is 50.1 Å². The van der Waals surface area contributed by atoms with Crippen LogP contribution in [-0.2, 0) is 11.2 Å². The molecule has 8 nitrogen and oxygen atoms in total. The van der Waals surface area contributed by atoms with Crippen LogP contribution in [0.15, 0.2) is 48.5 Å². The van der Waals surface area contributed by atoms with Crippen molar-refractivity contribution < 1.29 is 41.7 Å². The number of aromatic nitrogens is 3. The highest BCUT2D eigenvalue weighted by Crippen LogP contribution is 2.41. The van der Waals surface area contributed by atoms with Crippen molar-refractivity contribution in [3.63, 3.8) is 0 Å². The van der Waals surface area contributed by atoms with Gasteiger partial charge in [-0.05, 0) is 82.1 Å². The van der Waals surface area contributed by atoms with Crippen molar-refractivity contribution in [2.24, 2.45) is 0 Å². The maximum Gasteiger partial charge on any atom is 0.424 e. The largest absolute Gasteiger partial charge is 0.488 e. The molecule has 0 spiro atoms. The SMILES string of the molecule is Cc1nnc2ccc(C(=O)NCC(O)(c3cc(C(C)(C)O)c(F)c(-c4ccc(F)cc4)n3)C(F)(F)F)cc2c1OC1CC1. The fourth-order valence-corrected chi connectivity index (χ4v) is 4.45. The Kier molecular flexibility index (Phi) is 7.59. The van der Waals surface area contributed by atoms with Gasteiger partial charge in [0.05, 0.1) is 29.5 Å². The van der Waals surface area contributed by atoms with E-state index in [0.29, 0.717) is 28.4 Å². The van der Waals surface area contributed by atoms with E-state index in [2.05, 4.69) is 20.5 Å². The van der Waals surface area contributed by atoms with Crippen molar-refractivity contribution in [3.8, 4) is 17.0 Å². The van der Waals surface area contributed by atoms with Gasteiger partial charge in [-0.15, -0.1) is 5.10 Å². The van der Waals surface area contributed by atoms with Crippen molar-refractivity contribution >= 4 is 16.8 Å². The fraction of sp³-hybridized carbons (Fsp3) is 0.333. The third-order valence-electron chi connectivity index (χ3n) is 7.08. The molecular weight excluding hydrogens is 575 g/mol. The lowest BCUT2D eigenvalue weighted by Crippen LogP contribution is -2.51. The number of carbonyl (C=O) groups excluding carboxylic acids is 1. The Bertz CT molecular complexity index is 1700. The summed E-state index contributed by atoms with van der Waals surface area (Å²) in [6.45, 7) is 2.56. The Morgan fingerprint density at radius 3 is 2.30 bits per heavy atom. The lowest BCUT2D eigenvalue weighted by Gasteiger charge is -2.32.